The highest BCUT2D eigenvalue weighted by Gasteiger charge is 2.33. The predicted molar refractivity (Wildman–Crippen MR) is 200 cm³/mol. The van der Waals surface area contributed by atoms with Crippen molar-refractivity contribution >= 4 is 29.5 Å². The van der Waals surface area contributed by atoms with E-state index < -0.39 is 34.8 Å². The number of hydrogen-bond acceptors (Lipinski definition) is 11. The Morgan fingerprint density at radius 3 is 1.61 bits per heavy atom. The maximum Gasteiger partial charge on any atom is 0.323 e. The summed E-state index contributed by atoms with van der Waals surface area (Å²) < 4.78 is 22.6. The van der Waals surface area contributed by atoms with Crippen LogP contribution in [0.5, 0.6) is 0 Å². The van der Waals surface area contributed by atoms with Crippen molar-refractivity contribution in [1.29, 1.82) is 0 Å². The Labute approximate surface area is 305 Å². The molecule has 0 bridgehead atoms. The smallest absolute Gasteiger partial charge is 0.323 e. The number of carbonyl (C=O) groups excluding carboxylic acids is 4. The maximum atomic E-state index is 13.7. The molecule has 1 aliphatic heterocycles. The SMILES string of the molecule is C=C/C=C(\C=C)c1ccc(COC(=O)CCC(C(=O)OC(C)(C)C)N2CCN(CC(=O)OC(C)(C)C)CCN(CC(=O)OC(C)(C)C)CC2)cc1. The van der Waals surface area contributed by atoms with Crippen molar-refractivity contribution in [3.05, 3.63) is 66.8 Å². The molecule has 1 saturated heterocycles. The summed E-state index contributed by atoms with van der Waals surface area (Å²) >= 11 is 0. The summed E-state index contributed by atoms with van der Waals surface area (Å²) in [7, 11) is 0. The van der Waals surface area contributed by atoms with E-state index in [2.05, 4.69) is 13.2 Å². The Bertz CT molecular complexity index is 1320. The van der Waals surface area contributed by atoms with Crippen LogP contribution in [0.25, 0.3) is 5.57 Å². The monoisotopic (exact) mass is 711 g/mol. The van der Waals surface area contributed by atoms with Crippen molar-refractivity contribution in [1.82, 2.24) is 14.7 Å². The molecule has 11 nitrogen and oxygen atoms in total. The van der Waals surface area contributed by atoms with Crippen LogP contribution in [-0.4, -0.2) is 114 Å². The Hall–Kier alpha value is -3.80. The molecule has 0 aliphatic carbocycles. The van der Waals surface area contributed by atoms with Crippen LogP contribution < -0.4 is 0 Å². The predicted octanol–water partition coefficient (Wildman–Crippen LogP) is 5.58. The first-order valence-electron chi connectivity index (χ1n) is 17.7. The fourth-order valence-corrected chi connectivity index (χ4v) is 5.41. The fraction of sp³-hybridized carbons (Fsp3) is 0.600. The molecule has 0 spiro atoms. The van der Waals surface area contributed by atoms with Gasteiger partial charge in [-0.3, -0.25) is 33.9 Å². The third kappa shape index (κ3) is 17.8. The lowest BCUT2D eigenvalue weighted by Gasteiger charge is -2.33. The van der Waals surface area contributed by atoms with Crippen molar-refractivity contribution in [2.24, 2.45) is 0 Å². The van der Waals surface area contributed by atoms with E-state index >= 15 is 0 Å². The lowest BCUT2D eigenvalue weighted by Crippen LogP contribution is -2.49. The third-order valence-corrected chi connectivity index (χ3v) is 7.63. The van der Waals surface area contributed by atoms with Crippen molar-refractivity contribution < 1.29 is 38.1 Å². The lowest BCUT2D eigenvalue weighted by molar-refractivity contribution is -0.163. The van der Waals surface area contributed by atoms with E-state index in [9.17, 15) is 19.2 Å². The normalized spacial score (nSPS) is 16.5. The number of ether oxygens (including phenoxy) is 4. The molecule has 0 N–H and O–H groups in total. The van der Waals surface area contributed by atoms with Crippen molar-refractivity contribution in [2.75, 3.05) is 52.4 Å². The highest BCUT2D eigenvalue weighted by molar-refractivity contribution is 5.78. The molecule has 0 aromatic heterocycles. The van der Waals surface area contributed by atoms with Crippen molar-refractivity contribution in [3.63, 3.8) is 0 Å². The van der Waals surface area contributed by atoms with Gasteiger partial charge in [-0.15, -0.1) is 0 Å². The van der Waals surface area contributed by atoms with Crippen LogP contribution in [0.4, 0.5) is 0 Å². The Morgan fingerprint density at radius 1 is 0.706 bits per heavy atom. The molecular weight excluding hydrogens is 650 g/mol. The first-order valence-corrected chi connectivity index (χ1v) is 17.7. The van der Waals surface area contributed by atoms with Gasteiger partial charge in [0.2, 0.25) is 0 Å². The van der Waals surface area contributed by atoms with Gasteiger partial charge in [0, 0.05) is 45.7 Å². The second-order valence-electron chi connectivity index (χ2n) is 15.8. The van der Waals surface area contributed by atoms with Gasteiger partial charge in [0.05, 0.1) is 13.1 Å². The Kier molecular flexibility index (Phi) is 16.8. The van der Waals surface area contributed by atoms with E-state index in [1.54, 1.807) is 32.9 Å². The minimum Gasteiger partial charge on any atom is -0.461 e. The molecule has 2 rings (SSSR count). The highest BCUT2D eigenvalue weighted by atomic mass is 16.6. The molecule has 1 aliphatic rings. The summed E-state index contributed by atoms with van der Waals surface area (Å²) in [5.41, 5.74) is 0.709. The molecule has 1 fully saturated rings. The van der Waals surface area contributed by atoms with Crippen LogP contribution in [0.2, 0.25) is 0 Å². The van der Waals surface area contributed by atoms with Crippen LogP contribution in [-0.2, 0) is 44.7 Å². The number of nitrogens with zero attached hydrogens (tertiary/aromatic N) is 3. The van der Waals surface area contributed by atoms with Crippen molar-refractivity contribution in [2.45, 2.75) is 105 Å². The number of hydrogen-bond donors (Lipinski definition) is 0. The fourth-order valence-electron chi connectivity index (χ4n) is 5.41. The van der Waals surface area contributed by atoms with Gasteiger partial charge in [-0.25, -0.2) is 0 Å². The molecule has 0 radical (unpaired) electrons. The number of allylic oxidation sites excluding steroid dienone is 4. The number of carbonyl (C=O) groups is 4. The summed E-state index contributed by atoms with van der Waals surface area (Å²) in [6.45, 7) is 26.8. The van der Waals surface area contributed by atoms with Gasteiger partial charge in [-0.1, -0.05) is 55.7 Å². The number of rotatable bonds is 14. The first-order chi connectivity index (χ1) is 23.7. The molecule has 1 aromatic carbocycles. The van der Waals surface area contributed by atoms with E-state index in [0.29, 0.717) is 39.3 Å². The van der Waals surface area contributed by atoms with Gasteiger partial charge in [0.15, 0.2) is 0 Å². The average Bonchev–Trinajstić information content (AvgIpc) is 3.08. The van der Waals surface area contributed by atoms with E-state index in [1.807, 2.05) is 86.6 Å². The summed E-state index contributed by atoms with van der Waals surface area (Å²) in [5, 5.41) is 0. The van der Waals surface area contributed by atoms with Gasteiger partial charge < -0.3 is 18.9 Å². The standard InChI is InChI=1S/C40H61N3O8/c1-12-14-31(13-2)32-17-15-30(16-18-32)29-48-34(44)20-19-33(37(47)51-40(9,10)11)43-25-23-41(27-35(45)49-38(3,4)5)21-22-42(24-26-43)28-36(46)50-39(6,7)8/h12-18,33H,1-2,19-29H2,3-11H3/b31-14+. The summed E-state index contributed by atoms with van der Waals surface area (Å²) in [6.07, 6.45) is 5.48. The largest absolute Gasteiger partial charge is 0.461 e. The number of esters is 4. The lowest BCUT2D eigenvalue weighted by atomic mass is 10.0. The molecule has 0 saturated carbocycles. The minimum absolute atomic E-state index is 0.00950. The van der Waals surface area contributed by atoms with Gasteiger partial charge in [0.1, 0.15) is 29.5 Å². The zero-order valence-corrected chi connectivity index (χ0v) is 32.4. The quantitative estimate of drug-likeness (QED) is 0.137. The molecule has 1 heterocycles. The van der Waals surface area contributed by atoms with Gasteiger partial charge in [-0.05, 0) is 85.4 Å². The summed E-state index contributed by atoms with van der Waals surface area (Å²) in [5.74, 6) is -1.61. The van der Waals surface area contributed by atoms with Gasteiger partial charge in [0.25, 0.3) is 0 Å². The van der Waals surface area contributed by atoms with Crippen LogP contribution in [0.3, 0.4) is 0 Å². The average molecular weight is 712 g/mol. The zero-order valence-electron chi connectivity index (χ0n) is 32.4. The molecule has 51 heavy (non-hydrogen) atoms. The topological polar surface area (TPSA) is 115 Å². The second-order valence-corrected chi connectivity index (χ2v) is 15.8. The van der Waals surface area contributed by atoms with Crippen molar-refractivity contribution in [3.8, 4) is 0 Å². The maximum absolute atomic E-state index is 13.7. The molecule has 1 atom stereocenters. The molecule has 1 unspecified atom stereocenters. The Morgan fingerprint density at radius 2 is 1.18 bits per heavy atom. The van der Waals surface area contributed by atoms with Gasteiger partial charge in [-0.2, -0.15) is 0 Å². The highest BCUT2D eigenvalue weighted by Crippen LogP contribution is 2.19. The summed E-state index contributed by atoms with van der Waals surface area (Å²) in [4.78, 5) is 58.3. The molecule has 0 amide bonds. The zero-order chi connectivity index (χ0) is 38.4. The van der Waals surface area contributed by atoms with Crippen LogP contribution in [0.15, 0.2) is 55.7 Å². The summed E-state index contributed by atoms with van der Waals surface area (Å²) in [6, 6.07) is 6.88. The Balaban J connectivity index is 2.24. The molecule has 1 aromatic rings. The third-order valence-electron chi connectivity index (χ3n) is 7.63. The van der Waals surface area contributed by atoms with Gasteiger partial charge >= 0.3 is 23.9 Å². The van der Waals surface area contributed by atoms with Crippen LogP contribution in [0.1, 0.15) is 86.3 Å². The van der Waals surface area contributed by atoms with Crippen LogP contribution >= 0.6 is 0 Å². The van der Waals surface area contributed by atoms with E-state index in [0.717, 1.165) is 16.7 Å². The number of benzene rings is 1. The van der Waals surface area contributed by atoms with E-state index in [1.165, 1.54) is 0 Å². The molecular formula is C40H61N3O8. The molecule has 11 heteroatoms. The first kappa shape index (κ1) is 43.4. The molecule has 284 valence electrons. The minimum atomic E-state index is -0.769. The van der Waals surface area contributed by atoms with E-state index in [-0.39, 0.29) is 44.5 Å². The van der Waals surface area contributed by atoms with E-state index in [4.69, 9.17) is 18.9 Å². The second kappa shape index (κ2) is 19.7. The van der Waals surface area contributed by atoms with Crippen LogP contribution in [0, 0.1) is 0 Å².